The zero-order valence-corrected chi connectivity index (χ0v) is 9.32. The number of carbonyl (C=O) groups excluding carboxylic acids is 1. The van der Waals surface area contributed by atoms with Crippen molar-refractivity contribution in [1.29, 1.82) is 0 Å². The number of amides is 1. The van der Waals surface area contributed by atoms with Crippen LogP contribution in [0.25, 0.3) is 0 Å². The summed E-state index contributed by atoms with van der Waals surface area (Å²) in [6.07, 6.45) is 0. The molecule has 88 valence electrons. The number of hydrogen-bond acceptors (Lipinski definition) is 3. The van der Waals surface area contributed by atoms with Crippen LogP contribution in [0, 0.1) is 11.6 Å². The fourth-order valence-electron chi connectivity index (χ4n) is 1.07. The van der Waals surface area contributed by atoms with Crippen molar-refractivity contribution in [3.8, 4) is 0 Å². The molecule has 0 saturated carbocycles. The van der Waals surface area contributed by atoms with Crippen LogP contribution in [0.2, 0.25) is 0 Å². The third kappa shape index (κ3) is 4.59. The molecule has 0 bridgehead atoms. The molecular formula is C10H12F2N2OS. The molecule has 0 aliphatic rings. The van der Waals surface area contributed by atoms with Gasteiger partial charge in [0, 0.05) is 24.1 Å². The van der Waals surface area contributed by atoms with E-state index in [1.165, 1.54) is 11.8 Å². The van der Waals surface area contributed by atoms with Gasteiger partial charge in [0.2, 0.25) is 5.91 Å². The van der Waals surface area contributed by atoms with Crippen LogP contribution in [0.3, 0.4) is 0 Å². The van der Waals surface area contributed by atoms with E-state index in [1.807, 2.05) is 0 Å². The predicted octanol–water partition coefficient (Wildman–Crippen LogP) is 1.60. The fourth-order valence-corrected chi connectivity index (χ4v) is 1.64. The first-order valence-electron chi connectivity index (χ1n) is 4.65. The molecule has 1 aromatic rings. The van der Waals surface area contributed by atoms with Gasteiger partial charge in [0.25, 0.3) is 0 Å². The number of carbonyl (C=O) groups is 1. The van der Waals surface area contributed by atoms with E-state index >= 15 is 0 Å². The zero-order chi connectivity index (χ0) is 12.0. The summed E-state index contributed by atoms with van der Waals surface area (Å²) >= 11 is 1.36. The molecule has 0 aliphatic carbocycles. The van der Waals surface area contributed by atoms with Crippen molar-refractivity contribution in [1.82, 2.24) is 0 Å². The van der Waals surface area contributed by atoms with Gasteiger partial charge < -0.3 is 11.1 Å². The Hall–Kier alpha value is -1.14. The lowest BCUT2D eigenvalue weighted by Gasteiger charge is -2.05. The van der Waals surface area contributed by atoms with E-state index in [0.717, 1.165) is 18.2 Å². The van der Waals surface area contributed by atoms with Gasteiger partial charge in [-0.15, -0.1) is 0 Å². The van der Waals surface area contributed by atoms with Crippen LogP contribution in [-0.2, 0) is 4.79 Å². The quantitative estimate of drug-likeness (QED) is 0.776. The standard InChI is InChI=1S/C10H12F2N2OS/c11-7-3-8(12)5-9(4-7)14-10(15)6-16-2-1-13/h3-5H,1-2,6,13H2,(H,14,15). The Balaban J connectivity index is 2.49. The van der Waals surface area contributed by atoms with Crippen LogP contribution in [0.1, 0.15) is 0 Å². The van der Waals surface area contributed by atoms with E-state index in [0.29, 0.717) is 12.3 Å². The smallest absolute Gasteiger partial charge is 0.234 e. The highest BCUT2D eigenvalue weighted by atomic mass is 32.2. The molecule has 6 heteroatoms. The summed E-state index contributed by atoms with van der Waals surface area (Å²) in [5, 5.41) is 2.40. The summed E-state index contributed by atoms with van der Waals surface area (Å²) < 4.78 is 25.5. The van der Waals surface area contributed by atoms with Gasteiger partial charge in [0.05, 0.1) is 5.75 Å². The Morgan fingerprint density at radius 1 is 1.31 bits per heavy atom. The SMILES string of the molecule is NCCSCC(=O)Nc1cc(F)cc(F)c1. The molecule has 0 radical (unpaired) electrons. The first-order chi connectivity index (χ1) is 7.61. The lowest BCUT2D eigenvalue weighted by atomic mass is 10.3. The number of benzene rings is 1. The molecule has 0 aliphatic heterocycles. The molecular weight excluding hydrogens is 234 g/mol. The van der Waals surface area contributed by atoms with Gasteiger partial charge in [0.1, 0.15) is 11.6 Å². The third-order valence-corrected chi connectivity index (χ3v) is 2.63. The Morgan fingerprint density at radius 2 is 1.94 bits per heavy atom. The maximum absolute atomic E-state index is 12.8. The molecule has 0 saturated heterocycles. The summed E-state index contributed by atoms with van der Waals surface area (Å²) in [7, 11) is 0. The molecule has 1 rings (SSSR count). The summed E-state index contributed by atoms with van der Waals surface area (Å²) in [6, 6.07) is 2.88. The van der Waals surface area contributed by atoms with Gasteiger partial charge in [-0.1, -0.05) is 0 Å². The zero-order valence-electron chi connectivity index (χ0n) is 8.50. The van der Waals surface area contributed by atoms with Gasteiger partial charge in [-0.05, 0) is 12.1 Å². The van der Waals surface area contributed by atoms with Gasteiger partial charge in [-0.25, -0.2) is 8.78 Å². The van der Waals surface area contributed by atoms with E-state index in [-0.39, 0.29) is 17.3 Å². The van der Waals surface area contributed by atoms with E-state index in [9.17, 15) is 13.6 Å². The van der Waals surface area contributed by atoms with Crippen LogP contribution < -0.4 is 11.1 Å². The molecule has 0 fully saturated rings. The molecule has 3 N–H and O–H groups in total. The number of anilines is 1. The van der Waals surface area contributed by atoms with Crippen molar-refractivity contribution in [2.24, 2.45) is 5.73 Å². The first kappa shape index (κ1) is 12.9. The second-order valence-electron chi connectivity index (χ2n) is 3.05. The second-order valence-corrected chi connectivity index (χ2v) is 4.15. The predicted molar refractivity (Wildman–Crippen MR) is 61.4 cm³/mol. The number of halogens is 2. The maximum Gasteiger partial charge on any atom is 0.234 e. The Labute approximate surface area is 96.4 Å². The third-order valence-electron chi connectivity index (χ3n) is 1.64. The summed E-state index contributed by atoms with van der Waals surface area (Å²) in [5.74, 6) is -0.849. The van der Waals surface area contributed by atoms with Crippen molar-refractivity contribution >= 4 is 23.4 Å². The average molecular weight is 246 g/mol. The maximum atomic E-state index is 12.8. The van der Waals surface area contributed by atoms with E-state index in [2.05, 4.69) is 5.32 Å². The minimum Gasteiger partial charge on any atom is -0.330 e. The fraction of sp³-hybridized carbons (Fsp3) is 0.300. The van der Waals surface area contributed by atoms with Crippen molar-refractivity contribution < 1.29 is 13.6 Å². The number of hydrogen-bond donors (Lipinski definition) is 2. The van der Waals surface area contributed by atoms with Crippen molar-refractivity contribution in [3.05, 3.63) is 29.8 Å². The number of rotatable bonds is 5. The molecule has 0 heterocycles. The highest BCUT2D eigenvalue weighted by Crippen LogP contribution is 2.13. The van der Waals surface area contributed by atoms with Crippen LogP contribution in [0.5, 0.6) is 0 Å². The summed E-state index contributed by atoms with van der Waals surface area (Å²) in [6.45, 7) is 0.493. The number of nitrogens with one attached hydrogen (secondary N) is 1. The highest BCUT2D eigenvalue weighted by molar-refractivity contribution is 7.99. The summed E-state index contributed by atoms with van der Waals surface area (Å²) in [5.41, 5.74) is 5.38. The Kier molecular flexibility index (Phi) is 5.21. The number of thioether (sulfide) groups is 1. The topological polar surface area (TPSA) is 55.1 Å². The summed E-state index contributed by atoms with van der Waals surface area (Å²) in [4.78, 5) is 11.3. The van der Waals surface area contributed by atoms with Crippen LogP contribution in [-0.4, -0.2) is 24.0 Å². The Morgan fingerprint density at radius 3 is 2.50 bits per heavy atom. The van der Waals surface area contributed by atoms with E-state index in [4.69, 9.17) is 5.73 Å². The lowest BCUT2D eigenvalue weighted by molar-refractivity contribution is -0.113. The van der Waals surface area contributed by atoms with Crippen molar-refractivity contribution in [3.63, 3.8) is 0 Å². The monoisotopic (exact) mass is 246 g/mol. The first-order valence-corrected chi connectivity index (χ1v) is 5.81. The minimum absolute atomic E-state index is 0.121. The molecule has 1 amide bonds. The average Bonchev–Trinajstić information content (AvgIpc) is 2.16. The molecule has 0 unspecified atom stereocenters. The van der Waals surface area contributed by atoms with Crippen LogP contribution >= 0.6 is 11.8 Å². The minimum atomic E-state index is -0.718. The van der Waals surface area contributed by atoms with Gasteiger partial charge in [0.15, 0.2) is 0 Å². The molecule has 3 nitrogen and oxygen atoms in total. The molecule has 1 aromatic carbocycles. The molecule has 0 aromatic heterocycles. The van der Waals surface area contributed by atoms with Crippen molar-refractivity contribution in [2.75, 3.05) is 23.4 Å². The van der Waals surface area contributed by atoms with Gasteiger partial charge in [-0.2, -0.15) is 11.8 Å². The second kappa shape index (κ2) is 6.44. The lowest BCUT2D eigenvalue weighted by Crippen LogP contribution is -2.15. The van der Waals surface area contributed by atoms with Crippen LogP contribution in [0.15, 0.2) is 18.2 Å². The molecule has 0 spiro atoms. The Bertz CT molecular complexity index is 354. The largest absolute Gasteiger partial charge is 0.330 e. The van der Waals surface area contributed by atoms with Crippen molar-refractivity contribution in [2.45, 2.75) is 0 Å². The van der Waals surface area contributed by atoms with Crippen LogP contribution in [0.4, 0.5) is 14.5 Å². The molecule has 16 heavy (non-hydrogen) atoms. The van der Waals surface area contributed by atoms with Gasteiger partial charge in [-0.3, -0.25) is 4.79 Å². The van der Waals surface area contributed by atoms with E-state index in [1.54, 1.807) is 0 Å². The molecule has 0 atom stereocenters. The van der Waals surface area contributed by atoms with Gasteiger partial charge >= 0.3 is 0 Å². The highest BCUT2D eigenvalue weighted by Gasteiger charge is 2.05. The number of nitrogens with two attached hydrogens (primary N) is 1. The van der Waals surface area contributed by atoms with E-state index < -0.39 is 11.6 Å². The normalized spacial score (nSPS) is 10.2.